The number of aromatic nitrogens is 1. The molecule has 1 aromatic rings. The maximum absolute atomic E-state index is 13.3. The second kappa shape index (κ2) is 7.50. The van der Waals surface area contributed by atoms with E-state index in [1.165, 1.54) is 0 Å². The van der Waals surface area contributed by atoms with Gasteiger partial charge in [-0.2, -0.15) is 9.37 Å². The van der Waals surface area contributed by atoms with Crippen LogP contribution in [0.15, 0.2) is 0 Å². The lowest BCUT2D eigenvalue weighted by Gasteiger charge is -2.14. The molecule has 20 heavy (non-hydrogen) atoms. The molecule has 0 saturated heterocycles. The lowest BCUT2D eigenvalue weighted by Crippen LogP contribution is -2.22. The summed E-state index contributed by atoms with van der Waals surface area (Å²) in [6.07, 6.45) is 1.22. The van der Waals surface area contributed by atoms with Crippen LogP contribution in [-0.4, -0.2) is 23.7 Å². The zero-order valence-electron chi connectivity index (χ0n) is 11.1. The van der Waals surface area contributed by atoms with Crippen molar-refractivity contribution in [1.29, 1.82) is 0 Å². The number of carbonyl (C=O) groups is 1. The SMILES string of the molecule is CCC(CC)OC(=O)COc1nc(F)c(Cl)c(N)c1Cl. The van der Waals surface area contributed by atoms with Crippen LogP contribution in [0.2, 0.25) is 10.0 Å². The molecule has 0 bridgehead atoms. The molecule has 1 aromatic heterocycles. The fourth-order valence-electron chi connectivity index (χ4n) is 1.41. The molecule has 8 heteroatoms. The monoisotopic (exact) mass is 324 g/mol. The van der Waals surface area contributed by atoms with Crippen molar-refractivity contribution in [3.05, 3.63) is 16.0 Å². The van der Waals surface area contributed by atoms with E-state index < -0.39 is 18.5 Å². The molecule has 0 aromatic carbocycles. The van der Waals surface area contributed by atoms with E-state index in [1.54, 1.807) is 0 Å². The van der Waals surface area contributed by atoms with E-state index in [2.05, 4.69) is 4.98 Å². The molecular weight excluding hydrogens is 310 g/mol. The highest BCUT2D eigenvalue weighted by Crippen LogP contribution is 2.35. The molecule has 0 aliphatic carbocycles. The Labute approximate surface area is 126 Å². The number of anilines is 1. The summed E-state index contributed by atoms with van der Waals surface area (Å²) in [4.78, 5) is 14.9. The van der Waals surface area contributed by atoms with Crippen molar-refractivity contribution in [2.75, 3.05) is 12.3 Å². The Morgan fingerprint density at radius 3 is 2.50 bits per heavy atom. The van der Waals surface area contributed by atoms with Gasteiger partial charge in [-0.15, -0.1) is 0 Å². The van der Waals surface area contributed by atoms with Gasteiger partial charge in [0.25, 0.3) is 0 Å². The summed E-state index contributed by atoms with van der Waals surface area (Å²) in [5.41, 5.74) is 5.28. The zero-order chi connectivity index (χ0) is 15.3. The quantitative estimate of drug-likeness (QED) is 0.642. The zero-order valence-corrected chi connectivity index (χ0v) is 12.6. The van der Waals surface area contributed by atoms with Crippen LogP contribution in [-0.2, 0) is 9.53 Å². The summed E-state index contributed by atoms with van der Waals surface area (Å²) >= 11 is 11.3. The number of hydrogen-bond acceptors (Lipinski definition) is 5. The highest BCUT2D eigenvalue weighted by molar-refractivity contribution is 6.39. The van der Waals surface area contributed by atoms with Gasteiger partial charge in [-0.3, -0.25) is 0 Å². The van der Waals surface area contributed by atoms with Crippen molar-refractivity contribution in [3.8, 4) is 5.88 Å². The lowest BCUT2D eigenvalue weighted by molar-refractivity contribution is -0.151. The van der Waals surface area contributed by atoms with Crippen molar-refractivity contribution in [3.63, 3.8) is 0 Å². The molecule has 0 radical (unpaired) electrons. The van der Waals surface area contributed by atoms with Gasteiger partial charge in [-0.05, 0) is 12.8 Å². The predicted molar refractivity (Wildman–Crippen MR) is 74.6 cm³/mol. The van der Waals surface area contributed by atoms with Crippen LogP contribution < -0.4 is 10.5 Å². The first-order chi connectivity index (χ1) is 9.40. The first kappa shape index (κ1) is 16.8. The summed E-state index contributed by atoms with van der Waals surface area (Å²) in [5.74, 6) is -1.91. The number of rotatable bonds is 6. The van der Waals surface area contributed by atoms with Gasteiger partial charge in [0.05, 0.1) is 5.69 Å². The average Bonchev–Trinajstić information content (AvgIpc) is 2.44. The second-order valence-electron chi connectivity index (χ2n) is 3.97. The molecule has 112 valence electrons. The van der Waals surface area contributed by atoms with E-state index in [0.717, 1.165) is 0 Å². The number of nitrogens with two attached hydrogens (primary N) is 1. The van der Waals surface area contributed by atoms with Crippen molar-refractivity contribution in [1.82, 2.24) is 4.98 Å². The van der Waals surface area contributed by atoms with Crippen molar-refractivity contribution < 1.29 is 18.7 Å². The molecule has 0 saturated carbocycles. The summed E-state index contributed by atoms with van der Waals surface area (Å²) in [7, 11) is 0. The van der Waals surface area contributed by atoms with Gasteiger partial charge in [0.1, 0.15) is 16.1 Å². The molecule has 0 atom stereocenters. The molecule has 5 nitrogen and oxygen atoms in total. The fraction of sp³-hybridized carbons (Fsp3) is 0.500. The molecule has 0 fully saturated rings. The third kappa shape index (κ3) is 4.11. The van der Waals surface area contributed by atoms with Gasteiger partial charge in [-0.1, -0.05) is 37.0 Å². The highest BCUT2D eigenvalue weighted by atomic mass is 35.5. The number of nitrogens with zero attached hydrogens (tertiary/aromatic N) is 1. The summed E-state index contributed by atoms with van der Waals surface area (Å²) in [6, 6.07) is 0. The maximum Gasteiger partial charge on any atom is 0.344 e. The number of halogens is 3. The minimum Gasteiger partial charge on any atom is -0.464 e. The number of carbonyl (C=O) groups excluding carboxylic acids is 1. The minimum absolute atomic E-state index is 0.147. The van der Waals surface area contributed by atoms with Gasteiger partial charge >= 0.3 is 5.97 Å². The standard InChI is InChI=1S/C12H15Cl2FN2O3/c1-3-6(4-2)20-7(18)5-19-12-9(14)10(16)8(13)11(15)17-12/h6H,3-5H2,1-2H3,(H2,16,17). The molecule has 0 aliphatic heterocycles. The van der Waals surface area contributed by atoms with Crippen LogP contribution in [0.3, 0.4) is 0 Å². The van der Waals surface area contributed by atoms with Gasteiger partial charge in [0.2, 0.25) is 11.8 Å². The largest absolute Gasteiger partial charge is 0.464 e. The van der Waals surface area contributed by atoms with Gasteiger partial charge < -0.3 is 15.2 Å². The molecule has 0 spiro atoms. The fourth-order valence-corrected chi connectivity index (χ4v) is 1.78. The van der Waals surface area contributed by atoms with Crippen LogP contribution in [0.25, 0.3) is 0 Å². The van der Waals surface area contributed by atoms with Crippen molar-refractivity contribution >= 4 is 34.9 Å². The molecule has 1 rings (SSSR count). The Hall–Kier alpha value is -1.27. The molecular formula is C12H15Cl2FN2O3. The van der Waals surface area contributed by atoms with Crippen LogP contribution in [0, 0.1) is 5.95 Å². The second-order valence-corrected chi connectivity index (χ2v) is 4.72. The Morgan fingerprint density at radius 1 is 1.35 bits per heavy atom. The summed E-state index contributed by atoms with van der Waals surface area (Å²) in [5, 5.41) is -0.534. The molecule has 0 unspecified atom stereocenters. The topological polar surface area (TPSA) is 74.4 Å². The van der Waals surface area contributed by atoms with Crippen LogP contribution >= 0.6 is 23.2 Å². The minimum atomic E-state index is -1.02. The summed E-state index contributed by atoms with van der Waals surface area (Å²) < 4.78 is 23.4. The lowest BCUT2D eigenvalue weighted by atomic mass is 10.2. The number of ether oxygens (including phenoxy) is 2. The number of esters is 1. The van der Waals surface area contributed by atoms with E-state index >= 15 is 0 Å². The predicted octanol–water partition coefficient (Wildman–Crippen LogP) is 3.22. The average molecular weight is 325 g/mol. The highest BCUT2D eigenvalue weighted by Gasteiger charge is 2.18. The third-order valence-electron chi connectivity index (χ3n) is 2.58. The number of nitrogen functional groups attached to an aromatic ring is 1. The first-order valence-corrected chi connectivity index (χ1v) is 6.78. The Balaban J connectivity index is 2.69. The third-order valence-corrected chi connectivity index (χ3v) is 3.30. The van der Waals surface area contributed by atoms with E-state index in [-0.39, 0.29) is 27.7 Å². The van der Waals surface area contributed by atoms with Crippen LogP contribution in [0.1, 0.15) is 26.7 Å². The summed E-state index contributed by atoms with van der Waals surface area (Å²) in [6.45, 7) is 3.36. The Kier molecular flexibility index (Phi) is 6.29. The molecule has 2 N–H and O–H groups in total. The maximum atomic E-state index is 13.3. The molecule has 1 heterocycles. The van der Waals surface area contributed by atoms with Gasteiger partial charge in [0, 0.05) is 0 Å². The number of hydrogen-bond donors (Lipinski definition) is 1. The van der Waals surface area contributed by atoms with Gasteiger partial charge in [-0.25, -0.2) is 4.79 Å². The number of pyridine rings is 1. The van der Waals surface area contributed by atoms with E-state index in [0.29, 0.717) is 12.8 Å². The molecule has 0 aliphatic rings. The smallest absolute Gasteiger partial charge is 0.344 e. The van der Waals surface area contributed by atoms with E-state index in [9.17, 15) is 9.18 Å². The van der Waals surface area contributed by atoms with Crippen molar-refractivity contribution in [2.24, 2.45) is 0 Å². The van der Waals surface area contributed by atoms with E-state index in [1.807, 2.05) is 13.8 Å². The molecule has 0 amide bonds. The first-order valence-electron chi connectivity index (χ1n) is 6.02. The normalized spacial score (nSPS) is 10.7. The van der Waals surface area contributed by atoms with Gasteiger partial charge in [0.15, 0.2) is 6.61 Å². The van der Waals surface area contributed by atoms with Crippen LogP contribution in [0.5, 0.6) is 5.88 Å². The van der Waals surface area contributed by atoms with E-state index in [4.69, 9.17) is 38.4 Å². The Morgan fingerprint density at radius 2 is 1.95 bits per heavy atom. The Bertz CT molecular complexity index is 496. The van der Waals surface area contributed by atoms with Crippen molar-refractivity contribution in [2.45, 2.75) is 32.8 Å². The van der Waals surface area contributed by atoms with Crippen LogP contribution in [0.4, 0.5) is 10.1 Å².